The largest absolute Gasteiger partial charge is 0.495 e. The lowest BCUT2D eigenvalue weighted by Gasteiger charge is -2.13. The van der Waals surface area contributed by atoms with E-state index >= 15 is 0 Å². The predicted molar refractivity (Wildman–Crippen MR) is 131 cm³/mol. The second-order valence-corrected chi connectivity index (χ2v) is 8.48. The summed E-state index contributed by atoms with van der Waals surface area (Å²) >= 11 is 1.31. The number of furan rings is 1. The zero-order valence-electron chi connectivity index (χ0n) is 18.5. The van der Waals surface area contributed by atoms with Gasteiger partial charge in [0.05, 0.1) is 24.8 Å². The van der Waals surface area contributed by atoms with Gasteiger partial charge in [0.15, 0.2) is 10.9 Å². The fraction of sp³-hybridized carbons (Fsp3) is 0.160. The summed E-state index contributed by atoms with van der Waals surface area (Å²) in [5, 5.41) is 13.4. The molecule has 5 aromatic rings. The molecule has 2 aromatic carbocycles. The topological polar surface area (TPSA) is 98.0 Å². The molecule has 0 unspecified atom stereocenters. The number of carbonyl (C=O) groups is 1. The maximum absolute atomic E-state index is 12.6. The minimum atomic E-state index is -0.0704. The zero-order chi connectivity index (χ0) is 23.3. The summed E-state index contributed by atoms with van der Waals surface area (Å²) in [4.78, 5) is 15.8. The molecule has 0 radical (unpaired) electrons. The van der Waals surface area contributed by atoms with E-state index in [1.165, 1.54) is 22.7 Å². The van der Waals surface area contributed by atoms with Crippen LogP contribution in [0.4, 0.5) is 0 Å². The first-order chi connectivity index (χ1) is 16.7. The van der Waals surface area contributed by atoms with Crippen LogP contribution in [0.1, 0.15) is 5.56 Å². The van der Waals surface area contributed by atoms with Crippen molar-refractivity contribution >= 4 is 28.6 Å². The number of thioether (sulfide) groups is 1. The summed E-state index contributed by atoms with van der Waals surface area (Å²) in [7, 11) is 1.61. The van der Waals surface area contributed by atoms with Gasteiger partial charge < -0.3 is 19.5 Å². The SMILES string of the molecule is COc1ccccc1-n1c(SCC(=O)NCCc2c[nH]c3ccccc23)nnc1-c1ccco1. The van der Waals surface area contributed by atoms with Gasteiger partial charge in [0.2, 0.25) is 11.7 Å². The zero-order valence-corrected chi connectivity index (χ0v) is 19.3. The van der Waals surface area contributed by atoms with Crippen molar-refractivity contribution in [3.63, 3.8) is 0 Å². The molecule has 172 valence electrons. The Morgan fingerprint density at radius 2 is 1.97 bits per heavy atom. The summed E-state index contributed by atoms with van der Waals surface area (Å²) in [5.74, 6) is 1.92. The van der Waals surface area contributed by atoms with E-state index in [1.54, 1.807) is 19.4 Å². The molecule has 0 spiro atoms. The fourth-order valence-electron chi connectivity index (χ4n) is 3.82. The van der Waals surface area contributed by atoms with Gasteiger partial charge in [-0.25, -0.2) is 0 Å². The number of nitrogens with zero attached hydrogens (tertiary/aromatic N) is 3. The normalized spacial score (nSPS) is 11.1. The van der Waals surface area contributed by atoms with E-state index in [9.17, 15) is 4.79 Å². The van der Waals surface area contributed by atoms with Crippen molar-refractivity contribution in [2.75, 3.05) is 19.4 Å². The molecule has 0 saturated heterocycles. The molecule has 0 fully saturated rings. The Hall–Kier alpha value is -3.98. The number of aromatic amines is 1. The summed E-state index contributed by atoms with van der Waals surface area (Å²) in [6.07, 6.45) is 4.34. The Morgan fingerprint density at radius 1 is 1.12 bits per heavy atom. The molecule has 8 nitrogen and oxygen atoms in total. The highest BCUT2D eigenvalue weighted by Crippen LogP contribution is 2.32. The molecule has 9 heteroatoms. The monoisotopic (exact) mass is 473 g/mol. The Bertz CT molecular complexity index is 1410. The van der Waals surface area contributed by atoms with Crippen LogP contribution in [0, 0.1) is 0 Å². The summed E-state index contributed by atoms with van der Waals surface area (Å²) in [6.45, 7) is 0.554. The standard InChI is InChI=1S/C25H23N5O3S/c1-32-21-10-5-4-9-20(21)30-24(22-11-6-14-33-22)28-29-25(30)34-16-23(31)26-13-12-17-15-27-19-8-3-2-7-18(17)19/h2-11,14-15,27H,12-13,16H2,1H3,(H,26,31). The molecule has 2 N–H and O–H groups in total. The summed E-state index contributed by atoms with van der Waals surface area (Å²) < 4.78 is 12.9. The lowest BCUT2D eigenvalue weighted by Crippen LogP contribution is -2.27. The lowest BCUT2D eigenvalue weighted by molar-refractivity contribution is -0.118. The van der Waals surface area contributed by atoms with E-state index in [2.05, 4.69) is 26.6 Å². The van der Waals surface area contributed by atoms with Gasteiger partial charge in [-0.2, -0.15) is 0 Å². The van der Waals surface area contributed by atoms with Crippen LogP contribution in [0.2, 0.25) is 0 Å². The number of hydrogen-bond donors (Lipinski definition) is 2. The van der Waals surface area contributed by atoms with Gasteiger partial charge in [0.25, 0.3) is 0 Å². The second kappa shape index (κ2) is 9.88. The van der Waals surface area contributed by atoms with Crippen molar-refractivity contribution in [2.24, 2.45) is 0 Å². The maximum Gasteiger partial charge on any atom is 0.230 e. The summed E-state index contributed by atoms with van der Waals surface area (Å²) in [6, 6.07) is 19.4. The van der Waals surface area contributed by atoms with Gasteiger partial charge in [0.1, 0.15) is 5.75 Å². The molecule has 5 rings (SSSR count). The number of aromatic nitrogens is 4. The van der Waals surface area contributed by atoms with Crippen LogP contribution in [-0.4, -0.2) is 45.1 Å². The molecule has 0 saturated carbocycles. The average Bonchev–Trinajstić information content (AvgIpc) is 3.62. The van der Waals surface area contributed by atoms with Crippen LogP contribution in [0.25, 0.3) is 28.2 Å². The molecule has 3 aromatic heterocycles. The van der Waals surface area contributed by atoms with Crippen molar-refractivity contribution in [1.29, 1.82) is 0 Å². The van der Waals surface area contributed by atoms with E-state index in [1.807, 2.05) is 59.3 Å². The first-order valence-electron chi connectivity index (χ1n) is 10.8. The van der Waals surface area contributed by atoms with E-state index in [0.29, 0.717) is 29.0 Å². The number of para-hydroxylation sites is 3. The molecule has 34 heavy (non-hydrogen) atoms. The number of ether oxygens (including phenoxy) is 1. The van der Waals surface area contributed by atoms with Crippen LogP contribution in [0.5, 0.6) is 5.75 Å². The Balaban J connectivity index is 1.28. The number of hydrogen-bond acceptors (Lipinski definition) is 6. The van der Waals surface area contributed by atoms with Crippen molar-refractivity contribution in [1.82, 2.24) is 25.1 Å². The molecule has 0 aliphatic heterocycles. The maximum atomic E-state index is 12.6. The van der Waals surface area contributed by atoms with Gasteiger partial charge >= 0.3 is 0 Å². The summed E-state index contributed by atoms with van der Waals surface area (Å²) in [5.41, 5.74) is 3.05. The molecular weight excluding hydrogens is 450 g/mol. The number of nitrogens with one attached hydrogen (secondary N) is 2. The van der Waals surface area contributed by atoms with Gasteiger partial charge in [-0.15, -0.1) is 10.2 Å². The van der Waals surface area contributed by atoms with Crippen LogP contribution in [-0.2, 0) is 11.2 Å². The number of rotatable bonds is 9. The number of amides is 1. The second-order valence-electron chi connectivity index (χ2n) is 7.54. The van der Waals surface area contributed by atoms with E-state index in [-0.39, 0.29) is 11.7 Å². The van der Waals surface area contributed by atoms with E-state index < -0.39 is 0 Å². The molecule has 0 aliphatic carbocycles. The van der Waals surface area contributed by atoms with Crippen LogP contribution >= 0.6 is 11.8 Å². The molecule has 0 bridgehead atoms. The van der Waals surface area contributed by atoms with Crippen molar-refractivity contribution < 1.29 is 13.9 Å². The minimum absolute atomic E-state index is 0.0704. The highest BCUT2D eigenvalue weighted by atomic mass is 32.2. The van der Waals surface area contributed by atoms with Crippen molar-refractivity contribution in [2.45, 2.75) is 11.6 Å². The number of benzene rings is 2. The van der Waals surface area contributed by atoms with Gasteiger partial charge in [-0.3, -0.25) is 9.36 Å². The number of carbonyl (C=O) groups excluding carboxylic acids is 1. The first-order valence-corrected chi connectivity index (χ1v) is 11.8. The highest BCUT2D eigenvalue weighted by Gasteiger charge is 2.21. The number of fused-ring (bicyclic) bond motifs is 1. The van der Waals surface area contributed by atoms with Gasteiger partial charge in [-0.1, -0.05) is 42.1 Å². The number of methoxy groups -OCH3 is 1. The van der Waals surface area contributed by atoms with Gasteiger partial charge in [-0.05, 0) is 42.3 Å². The smallest absolute Gasteiger partial charge is 0.230 e. The molecule has 0 atom stereocenters. The average molecular weight is 474 g/mol. The van der Waals surface area contributed by atoms with E-state index in [4.69, 9.17) is 9.15 Å². The van der Waals surface area contributed by atoms with Crippen LogP contribution < -0.4 is 10.1 Å². The van der Waals surface area contributed by atoms with Crippen molar-refractivity contribution in [3.05, 3.63) is 78.7 Å². The predicted octanol–water partition coefficient (Wildman–Crippen LogP) is 4.47. The Kier molecular flexibility index (Phi) is 6.35. The third-order valence-electron chi connectivity index (χ3n) is 5.42. The Morgan fingerprint density at radius 3 is 2.82 bits per heavy atom. The third-order valence-corrected chi connectivity index (χ3v) is 6.35. The quantitative estimate of drug-likeness (QED) is 0.307. The molecule has 3 heterocycles. The third kappa shape index (κ3) is 4.42. The fourth-order valence-corrected chi connectivity index (χ4v) is 4.59. The Labute approximate surface area is 200 Å². The minimum Gasteiger partial charge on any atom is -0.495 e. The first kappa shape index (κ1) is 21.8. The lowest BCUT2D eigenvalue weighted by atomic mass is 10.1. The highest BCUT2D eigenvalue weighted by molar-refractivity contribution is 7.99. The van der Waals surface area contributed by atoms with Crippen LogP contribution in [0.3, 0.4) is 0 Å². The van der Waals surface area contributed by atoms with Crippen molar-refractivity contribution in [3.8, 4) is 23.0 Å². The van der Waals surface area contributed by atoms with Crippen LogP contribution in [0.15, 0.2) is 82.7 Å². The molecular formula is C25H23N5O3S. The molecule has 0 aliphatic rings. The van der Waals surface area contributed by atoms with Gasteiger partial charge in [0, 0.05) is 23.6 Å². The number of H-pyrrole nitrogens is 1. The molecule has 1 amide bonds. The van der Waals surface area contributed by atoms with E-state index in [0.717, 1.165) is 17.6 Å².